The number of aromatic nitrogens is 1. The number of ketones is 1. The van der Waals surface area contributed by atoms with Gasteiger partial charge in [0.2, 0.25) is 11.8 Å². The molecular weight excluding hydrogens is 526 g/mol. The fourth-order valence-corrected chi connectivity index (χ4v) is 7.21. The molecule has 2 amide bonds. The monoisotopic (exact) mass is 567 g/mol. The summed E-state index contributed by atoms with van der Waals surface area (Å²) in [6.45, 7) is 12.5. The first kappa shape index (κ1) is 28.7. The van der Waals surface area contributed by atoms with Gasteiger partial charge in [0.25, 0.3) is 0 Å². The zero-order valence-electron chi connectivity index (χ0n) is 24.2. The number of carbonyl (C=O) groups is 3. The van der Waals surface area contributed by atoms with Crippen LogP contribution < -0.4 is 10.6 Å². The summed E-state index contributed by atoms with van der Waals surface area (Å²) in [5.74, 6) is -1.33. The molecule has 0 radical (unpaired) electrons. The van der Waals surface area contributed by atoms with E-state index in [1.54, 1.807) is 22.3 Å². The second-order valence-corrected chi connectivity index (χ2v) is 12.9. The summed E-state index contributed by atoms with van der Waals surface area (Å²) in [6.07, 6.45) is 1.25. The van der Waals surface area contributed by atoms with Crippen molar-refractivity contribution in [2.24, 2.45) is 17.1 Å². The average Bonchev–Trinajstić information content (AvgIpc) is 3.66. The number of carbonyl (C=O) groups excluding carboxylic acids is 3. The third-order valence-corrected chi connectivity index (χ3v) is 10.1. The maximum Gasteiger partial charge on any atom is 0.249 e. The van der Waals surface area contributed by atoms with Gasteiger partial charge in [-0.1, -0.05) is 33.8 Å². The van der Waals surface area contributed by atoms with Crippen LogP contribution in [0.4, 0.5) is 5.13 Å². The van der Waals surface area contributed by atoms with Gasteiger partial charge in [-0.25, -0.2) is 4.98 Å². The second-order valence-electron chi connectivity index (χ2n) is 12.1. The van der Waals surface area contributed by atoms with Crippen molar-refractivity contribution >= 4 is 34.1 Å². The predicted molar refractivity (Wildman–Crippen MR) is 157 cm³/mol. The highest BCUT2D eigenvalue weighted by atomic mass is 32.1. The fraction of sp³-hybridized carbons (Fsp3) is 0.600. The third kappa shape index (κ3) is 5.17. The van der Waals surface area contributed by atoms with Crippen molar-refractivity contribution in [1.82, 2.24) is 14.8 Å². The molecule has 1 aromatic heterocycles. The molecule has 40 heavy (non-hydrogen) atoms. The first-order valence-corrected chi connectivity index (χ1v) is 15.2. The first-order valence-electron chi connectivity index (χ1n) is 14.3. The molecule has 4 heterocycles. The van der Waals surface area contributed by atoms with Gasteiger partial charge in [-0.15, -0.1) is 11.3 Å². The molecule has 216 valence electrons. The van der Waals surface area contributed by atoms with E-state index in [1.165, 1.54) is 0 Å². The third-order valence-electron chi connectivity index (χ3n) is 9.23. The topological polar surface area (TPSA) is 109 Å². The van der Waals surface area contributed by atoms with E-state index in [1.807, 2.05) is 38.3 Å². The number of Topliss-reactive ketones (excluding diaryl/α,β-unsaturated/α-hetero) is 1. The molecule has 4 atom stereocenters. The molecule has 0 unspecified atom stereocenters. The lowest BCUT2D eigenvalue weighted by Crippen LogP contribution is -2.47. The van der Waals surface area contributed by atoms with Crippen LogP contribution in [0.5, 0.6) is 0 Å². The van der Waals surface area contributed by atoms with Crippen LogP contribution in [0.15, 0.2) is 23.6 Å². The average molecular weight is 568 g/mol. The fourth-order valence-electron chi connectivity index (χ4n) is 6.33. The van der Waals surface area contributed by atoms with E-state index in [2.05, 4.69) is 23.8 Å². The number of hydrogen-bond donors (Lipinski definition) is 1. The molecule has 0 saturated carbocycles. The minimum absolute atomic E-state index is 0.0406. The Balaban J connectivity index is 1.54. The molecule has 3 saturated heterocycles. The summed E-state index contributed by atoms with van der Waals surface area (Å²) in [5.41, 5.74) is 7.95. The standard InChI is InChI=1S/C30H41N5O4S/c1-6-18-15-35(25-23(36)16-39-26(18)25)28(38)24(30(3,4)7-2)21-14-19(8-9-20(21)27(31)37)22-17-40-29(32-22)34-12-10-33(5)11-13-34/h8-9,14,17-18,24-26H,6-7,10-13,15-16H2,1-5H3,(H2,31,37)/t18-,24+,25-,26-/m1/s1. The summed E-state index contributed by atoms with van der Waals surface area (Å²) >= 11 is 1.61. The van der Waals surface area contributed by atoms with Gasteiger partial charge in [0.1, 0.15) is 12.6 Å². The Hall–Kier alpha value is -2.82. The number of fused-ring (bicyclic) bond motifs is 1. The van der Waals surface area contributed by atoms with Gasteiger partial charge in [0.15, 0.2) is 10.9 Å². The summed E-state index contributed by atoms with van der Waals surface area (Å²) in [5, 5.41) is 3.00. The molecule has 2 aromatic rings. The number of thiazole rings is 1. The molecule has 9 nitrogen and oxygen atoms in total. The van der Waals surface area contributed by atoms with Crippen LogP contribution >= 0.6 is 11.3 Å². The summed E-state index contributed by atoms with van der Waals surface area (Å²) in [7, 11) is 2.13. The maximum absolute atomic E-state index is 14.5. The van der Waals surface area contributed by atoms with Crippen LogP contribution in [-0.2, 0) is 14.3 Å². The number of nitrogens with two attached hydrogens (primary N) is 1. The van der Waals surface area contributed by atoms with Crippen LogP contribution in [-0.4, -0.2) is 90.9 Å². The number of ether oxygens (including phenoxy) is 1. The number of hydrogen-bond acceptors (Lipinski definition) is 8. The van der Waals surface area contributed by atoms with Gasteiger partial charge >= 0.3 is 0 Å². The second kappa shape index (κ2) is 11.2. The molecule has 1 aromatic carbocycles. The Kier molecular flexibility index (Phi) is 8.05. The lowest BCUT2D eigenvalue weighted by atomic mass is 9.70. The number of likely N-dealkylation sites (N-methyl/N-ethyl adjacent to an activating group) is 1. The van der Waals surface area contributed by atoms with Crippen molar-refractivity contribution in [2.45, 2.75) is 58.6 Å². The normalized spacial score (nSPS) is 24.4. The number of rotatable bonds is 8. The van der Waals surface area contributed by atoms with Gasteiger partial charge in [-0.2, -0.15) is 0 Å². The molecule has 0 spiro atoms. The zero-order valence-corrected chi connectivity index (χ0v) is 25.0. The van der Waals surface area contributed by atoms with E-state index >= 15 is 0 Å². The van der Waals surface area contributed by atoms with E-state index in [4.69, 9.17) is 15.5 Å². The highest BCUT2D eigenvalue weighted by Crippen LogP contribution is 2.45. The number of amides is 2. The van der Waals surface area contributed by atoms with E-state index in [0.717, 1.165) is 49.0 Å². The van der Waals surface area contributed by atoms with E-state index < -0.39 is 23.3 Å². The Morgan fingerprint density at radius 3 is 2.58 bits per heavy atom. The number of benzene rings is 1. The highest BCUT2D eigenvalue weighted by Gasteiger charge is 2.54. The summed E-state index contributed by atoms with van der Waals surface area (Å²) < 4.78 is 5.84. The van der Waals surface area contributed by atoms with Crippen LogP contribution in [0.25, 0.3) is 11.3 Å². The summed E-state index contributed by atoms with van der Waals surface area (Å²) in [4.78, 5) is 51.3. The maximum atomic E-state index is 14.5. The van der Waals surface area contributed by atoms with Crippen molar-refractivity contribution in [3.05, 3.63) is 34.7 Å². The van der Waals surface area contributed by atoms with Crippen molar-refractivity contribution in [3.63, 3.8) is 0 Å². The van der Waals surface area contributed by atoms with Crippen molar-refractivity contribution in [1.29, 1.82) is 0 Å². The predicted octanol–water partition coefficient (Wildman–Crippen LogP) is 3.39. The minimum atomic E-state index is -0.666. The number of nitrogens with zero attached hydrogens (tertiary/aromatic N) is 4. The number of likely N-dealkylation sites (tertiary alicyclic amines) is 1. The lowest BCUT2D eigenvalue weighted by molar-refractivity contribution is -0.140. The van der Waals surface area contributed by atoms with Crippen molar-refractivity contribution < 1.29 is 19.1 Å². The van der Waals surface area contributed by atoms with Crippen LogP contribution in [0.1, 0.15) is 62.4 Å². The molecular formula is C30H41N5O4S. The van der Waals surface area contributed by atoms with E-state index in [-0.39, 0.29) is 30.3 Å². The molecule has 0 bridgehead atoms. The van der Waals surface area contributed by atoms with Gasteiger partial charge < -0.3 is 25.2 Å². The Bertz CT molecular complexity index is 1280. The molecule has 3 aliphatic heterocycles. The lowest BCUT2D eigenvalue weighted by Gasteiger charge is -2.37. The molecule has 5 rings (SSSR count). The molecule has 0 aliphatic carbocycles. The largest absolute Gasteiger partial charge is 0.367 e. The molecule has 2 N–H and O–H groups in total. The number of primary amides is 1. The van der Waals surface area contributed by atoms with E-state index in [0.29, 0.717) is 24.1 Å². The van der Waals surface area contributed by atoms with Crippen molar-refractivity contribution in [3.8, 4) is 11.3 Å². The van der Waals surface area contributed by atoms with Crippen molar-refractivity contribution in [2.75, 3.05) is 51.3 Å². The van der Waals surface area contributed by atoms with Gasteiger partial charge in [0, 0.05) is 55.1 Å². The SMILES string of the molecule is CC[C@@H]1CN(C(=O)[C@H](c2cc(-c3csc(N4CCN(C)CC4)n3)ccc2C(N)=O)C(C)(C)CC)[C@@H]2C(=O)CO[C@H]12. The number of piperazine rings is 1. The van der Waals surface area contributed by atoms with Gasteiger partial charge in [0.05, 0.1) is 17.7 Å². The zero-order chi connectivity index (χ0) is 28.8. The first-order chi connectivity index (χ1) is 19.1. The molecule has 10 heteroatoms. The Morgan fingerprint density at radius 2 is 1.93 bits per heavy atom. The van der Waals surface area contributed by atoms with Crippen LogP contribution in [0.3, 0.4) is 0 Å². The van der Waals surface area contributed by atoms with Gasteiger partial charge in [-0.05, 0) is 43.0 Å². The molecule has 3 aliphatic rings. The van der Waals surface area contributed by atoms with Crippen LogP contribution in [0, 0.1) is 11.3 Å². The number of anilines is 1. The molecule has 3 fully saturated rings. The van der Waals surface area contributed by atoms with Gasteiger partial charge in [-0.3, -0.25) is 14.4 Å². The quantitative estimate of drug-likeness (QED) is 0.521. The van der Waals surface area contributed by atoms with E-state index in [9.17, 15) is 14.4 Å². The van der Waals surface area contributed by atoms with Crippen LogP contribution in [0.2, 0.25) is 0 Å². The Morgan fingerprint density at radius 1 is 1.20 bits per heavy atom. The summed E-state index contributed by atoms with van der Waals surface area (Å²) in [6, 6.07) is 4.93. The highest BCUT2D eigenvalue weighted by molar-refractivity contribution is 7.14. The minimum Gasteiger partial charge on any atom is -0.367 e. The smallest absolute Gasteiger partial charge is 0.249 e. The Labute approximate surface area is 240 Å².